The van der Waals surface area contributed by atoms with Gasteiger partial charge in [-0.05, 0) is 31.0 Å². The van der Waals surface area contributed by atoms with Crippen molar-refractivity contribution in [3.05, 3.63) is 47.0 Å². The molecule has 0 radical (unpaired) electrons. The molecule has 0 spiro atoms. The van der Waals surface area contributed by atoms with Crippen molar-refractivity contribution in [2.45, 2.75) is 31.7 Å². The zero-order valence-corrected chi connectivity index (χ0v) is 22.4. The summed E-state index contributed by atoms with van der Waals surface area (Å²) in [6.45, 7) is 4.87. The molecule has 0 saturated carbocycles. The van der Waals surface area contributed by atoms with Crippen molar-refractivity contribution < 1.29 is 27.2 Å². The van der Waals surface area contributed by atoms with Crippen molar-refractivity contribution in [3.63, 3.8) is 0 Å². The lowest BCUT2D eigenvalue weighted by molar-refractivity contribution is 0.402. The van der Waals surface area contributed by atoms with Crippen molar-refractivity contribution >= 4 is 38.1 Å². The van der Waals surface area contributed by atoms with E-state index in [1.165, 1.54) is 25.6 Å². The van der Waals surface area contributed by atoms with E-state index < -0.39 is 10.0 Å². The molecule has 4 rings (SSSR count). The Labute approximate surface area is 219 Å². The van der Waals surface area contributed by atoms with Crippen molar-refractivity contribution in [1.29, 1.82) is 0 Å². The number of benzene rings is 2. The summed E-state index contributed by atoms with van der Waals surface area (Å²) >= 11 is 1.34. The highest BCUT2D eigenvalue weighted by Crippen LogP contribution is 2.39. The number of rotatable bonds is 11. The van der Waals surface area contributed by atoms with Crippen LogP contribution < -0.4 is 24.2 Å². The minimum absolute atomic E-state index is 0.000206. The molecule has 2 aromatic heterocycles. The number of methoxy groups -OCH3 is 2. The van der Waals surface area contributed by atoms with Gasteiger partial charge < -0.3 is 24.1 Å². The number of nitrogens with one attached hydrogen (secondary N) is 2. The molecular weight excluding hydrogens is 516 g/mol. The summed E-state index contributed by atoms with van der Waals surface area (Å²) in [6, 6.07) is 8.22. The Morgan fingerprint density at radius 1 is 1.14 bits per heavy atom. The van der Waals surface area contributed by atoms with Gasteiger partial charge in [0.2, 0.25) is 0 Å². The number of sulfonamides is 1. The number of anilines is 1. The highest BCUT2D eigenvalue weighted by molar-refractivity contribution is 7.92. The van der Waals surface area contributed by atoms with Crippen molar-refractivity contribution in [3.8, 4) is 34.3 Å². The second-order valence-corrected chi connectivity index (χ2v) is 10.2. The summed E-state index contributed by atoms with van der Waals surface area (Å²) in [4.78, 5) is 4.45. The normalized spacial score (nSPS) is 11.1. The Balaban J connectivity index is 1.59. The molecule has 37 heavy (non-hydrogen) atoms. The van der Waals surface area contributed by atoms with E-state index in [-0.39, 0.29) is 22.0 Å². The summed E-state index contributed by atoms with van der Waals surface area (Å²) in [6.07, 6.45) is 0.667. The highest BCUT2D eigenvalue weighted by Gasteiger charge is 2.25. The van der Waals surface area contributed by atoms with Crippen LogP contribution in [0.1, 0.15) is 25.1 Å². The molecule has 0 aliphatic carbocycles. The fourth-order valence-corrected chi connectivity index (χ4v) is 5.41. The molecule has 2 heterocycles. The second-order valence-electron chi connectivity index (χ2n) is 7.71. The van der Waals surface area contributed by atoms with Gasteiger partial charge in [0, 0.05) is 24.1 Å². The standard InChI is InChI=1S/C25H26N4O6S2/c1-5-7-10-26-14-17-15-36-25(27-17)34-18-12-20(33-4)23-21(13-18)35-28-24(23)29-37(30,31)22-11-16(6-2)8-9-19(22)32-3/h8-9,11-13,15,26H,6,10,14H2,1-4H3,(H,28,29). The summed E-state index contributed by atoms with van der Waals surface area (Å²) in [5.41, 5.74) is 1.95. The monoisotopic (exact) mass is 542 g/mol. The molecular formula is C25H26N4O6S2. The van der Waals surface area contributed by atoms with Crippen LogP contribution in [-0.2, 0) is 23.0 Å². The van der Waals surface area contributed by atoms with E-state index in [1.807, 2.05) is 18.4 Å². The Kier molecular flexibility index (Phi) is 8.17. The minimum atomic E-state index is -4.05. The van der Waals surface area contributed by atoms with Crippen LogP contribution in [0.25, 0.3) is 11.0 Å². The highest BCUT2D eigenvalue weighted by atomic mass is 32.2. The van der Waals surface area contributed by atoms with Gasteiger partial charge in [-0.3, -0.25) is 4.72 Å². The molecule has 12 heteroatoms. The first-order valence-corrected chi connectivity index (χ1v) is 13.6. The van der Waals surface area contributed by atoms with E-state index in [0.717, 1.165) is 11.3 Å². The van der Waals surface area contributed by atoms with E-state index in [1.54, 1.807) is 31.2 Å². The Bertz CT molecular complexity index is 1570. The number of aromatic nitrogens is 2. The molecule has 0 bridgehead atoms. The zero-order chi connectivity index (χ0) is 26.4. The lowest BCUT2D eigenvalue weighted by atomic mass is 10.2. The van der Waals surface area contributed by atoms with Gasteiger partial charge in [0.15, 0.2) is 11.4 Å². The summed E-state index contributed by atoms with van der Waals surface area (Å²) in [7, 11) is -1.17. The fourth-order valence-electron chi connectivity index (χ4n) is 3.49. The molecule has 2 aromatic carbocycles. The molecule has 194 valence electrons. The SMILES string of the molecule is CC#CCNCc1csc(Oc2cc(OC)c3c(NS(=O)(=O)c4cc(CC)ccc4OC)noc3c2)n1. The number of aryl methyl sites for hydroxylation is 1. The van der Waals surface area contributed by atoms with Gasteiger partial charge in [0.25, 0.3) is 15.2 Å². The predicted molar refractivity (Wildman–Crippen MR) is 141 cm³/mol. The molecule has 0 atom stereocenters. The maximum Gasteiger partial charge on any atom is 0.278 e. The van der Waals surface area contributed by atoms with E-state index in [9.17, 15) is 8.42 Å². The molecule has 0 aliphatic heterocycles. The number of hydrogen-bond donors (Lipinski definition) is 2. The fraction of sp³-hybridized carbons (Fsp3) is 0.280. The van der Waals surface area contributed by atoms with Gasteiger partial charge in [0.1, 0.15) is 27.5 Å². The number of hydrogen-bond acceptors (Lipinski definition) is 10. The predicted octanol–water partition coefficient (Wildman–Crippen LogP) is 4.57. The first kappa shape index (κ1) is 26.3. The molecule has 0 amide bonds. The first-order valence-electron chi connectivity index (χ1n) is 11.3. The largest absolute Gasteiger partial charge is 0.496 e. The van der Waals surface area contributed by atoms with E-state index >= 15 is 0 Å². The maximum atomic E-state index is 13.3. The molecule has 2 N–H and O–H groups in total. The third kappa shape index (κ3) is 5.96. The van der Waals surface area contributed by atoms with Crippen LogP contribution in [0.15, 0.2) is 45.1 Å². The van der Waals surface area contributed by atoms with Crippen LogP contribution >= 0.6 is 11.3 Å². The lowest BCUT2D eigenvalue weighted by Crippen LogP contribution is -2.15. The summed E-state index contributed by atoms with van der Waals surface area (Å²) < 4.78 is 51.1. The van der Waals surface area contributed by atoms with Gasteiger partial charge >= 0.3 is 0 Å². The molecule has 0 unspecified atom stereocenters. The topological polar surface area (TPSA) is 125 Å². The lowest BCUT2D eigenvalue weighted by Gasteiger charge is -2.12. The average Bonchev–Trinajstić information content (AvgIpc) is 3.52. The van der Waals surface area contributed by atoms with E-state index in [0.29, 0.717) is 41.6 Å². The van der Waals surface area contributed by atoms with Crippen LogP contribution in [0.2, 0.25) is 0 Å². The van der Waals surface area contributed by atoms with Crippen molar-refractivity contribution in [1.82, 2.24) is 15.5 Å². The van der Waals surface area contributed by atoms with E-state index in [2.05, 4.69) is 32.0 Å². The summed E-state index contributed by atoms with van der Waals surface area (Å²) in [5.74, 6) is 6.68. The quantitative estimate of drug-likeness (QED) is 0.207. The van der Waals surface area contributed by atoms with Crippen molar-refractivity contribution in [2.75, 3.05) is 25.5 Å². The van der Waals surface area contributed by atoms with Crippen molar-refractivity contribution in [2.24, 2.45) is 0 Å². The third-order valence-corrected chi connectivity index (χ3v) is 7.45. The molecule has 0 saturated heterocycles. The average molecular weight is 543 g/mol. The van der Waals surface area contributed by atoms with Gasteiger partial charge in [-0.25, -0.2) is 13.4 Å². The van der Waals surface area contributed by atoms with Crippen LogP contribution in [-0.4, -0.2) is 39.3 Å². The zero-order valence-electron chi connectivity index (χ0n) is 20.7. The van der Waals surface area contributed by atoms with Crippen LogP contribution in [0, 0.1) is 11.8 Å². The van der Waals surface area contributed by atoms with Crippen LogP contribution in [0.5, 0.6) is 22.4 Å². The van der Waals surface area contributed by atoms with Gasteiger partial charge in [-0.2, -0.15) is 0 Å². The van der Waals surface area contributed by atoms with Crippen LogP contribution in [0.3, 0.4) is 0 Å². The van der Waals surface area contributed by atoms with Gasteiger partial charge in [-0.1, -0.05) is 35.4 Å². The van der Waals surface area contributed by atoms with E-state index in [4.69, 9.17) is 18.7 Å². The van der Waals surface area contributed by atoms with Gasteiger partial charge in [0.05, 0.1) is 26.5 Å². The molecule has 0 fully saturated rings. The Hall–Kier alpha value is -3.79. The number of ether oxygens (including phenoxy) is 3. The minimum Gasteiger partial charge on any atom is -0.496 e. The second kappa shape index (κ2) is 11.5. The van der Waals surface area contributed by atoms with Gasteiger partial charge in [-0.15, -0.1) is 5.92 Å². The Morgan fingerprint density at radius 2 is 1.95 bits per heavy atom. The first-order chi connectivity index (χ1) is 17.9. The van der Waals surface area contributed by atoms with Crippen LogP contribution in [0.4, 0.5) is 5.82 Å². The maximum absolute atomic E-state index is 13.3. The number of thiazole rings is 1. The Morgan fingerprint density at radius 3 is 2.68 bits per heavy atom. The molecule has 0 aliphatic rings. The molecule has 4 aromatic rings. The third-order valence-electron chi connectivity index (χ3n) is 5.32. The number of nitrogens with zero attached hydrogens (tertiary/aromatic N) is 2. The number of fused-ring (bicyclic) bond motifs is 1. The molecule has 10 nitrogen and oxygen atoms in total. The summed E-state index contributed by atoms with van der Waals surface area (Å²) in [5, 5.41) is 9.79. The smallest absolute Gasteiger partial charge is 0.278 e.